The molecule has 0 bridgehead atoms. The summed E-state index contributed by atoms with van der Waals surface area (Å²) in [4.78, 5) is 20.9. The van der Waals surface area contributed by atoms with Crippen LogP contribution in [0.25, 0.3) is 16.7 Å². The van der Waals surface area contributed by atoms with E-state index >= 15 is 0 Å². The summed E-state index contributed by atoms with van der Waals surface area (Å²) in [5.41, 5.74) is 2.28. The van der Waals surface area contributed by atoms with E-state index in [-0.39, 0.29) is 11.7 Å². The summed E-state index contributed by atoms with van der Waals surface area (Å²) in [5, 5.41) is 9.33. The van der Waals surface area contributed by atoms with E-state index < -0.39 is 0 Å². The van der Waals surface area contributed by atoms with Crippen molar-refractivity contribution < 1.29 is 4.79 Å². The molecule has 0 saturated carbocycles. The fourth-order valence-corrected chi connectivity index (χ4v) is 3.54. The van der Waals surface area contributed by atoms with Crippen LogP contribution in [0.2, 0.25) is 5.02 Å². The third kappa shape index (κ3) is 3.94. The normalized spacial score (nSPS) is 10.9. The maximum atomic E-state index is 12.2. The topological polar surface area (TPSA) is 72.7 Å². The Morgan fingerprint density at radius 2 is 1.96 bits per heavy atom. The second kappa shape index (κ2) is 7.77. The number of anilines is 1. The zero-order valence-electron chi connectivity index (χ0n) is 14.0. The second-order valence-corrected chi connectivity index (χ2v) is 7.06. The van der Waals surface area contributed by atoms with Crippen LogP contribution in [-0.4, -0.2) is 31.4 Å². The number of para-hydroxylation sites is 1. The van der Waals surface area contributed by atoms with Crippen LogP contribution in [-0.2, 0) is 4.79 Å². The van der Waals surface area contributed by atoms with Gasteiger partial charge >= 0.3 is 0 Å². The van der Waals surface area contributed by atoms with E-state index in [0.717, 1.165) is 11.1 Å². The molecular formula is C19H14ClN5OS. The molecular weight excluding hydrogens is 382 g/mol. The Bertz CT molecular complexity index is 1100. The van der Waals surface area contributed by atoms with E-state index in [4.69, 9.17) is 11.6 Å². The minimum absolute atomic E-state index is 0.135. The van der Waals surface area contributed by atoms with Crippen molar-refractivity contribution in [2.24, 2.45) is 0 Å². The molecule has 0 aliphatic heterocycles. The van der Waals surface area contributed by atoms with Gasteiger partial charge in [0.2, 0.25) is 5.91 Å². The highest BCUT2D eigenvalue weighted by atomic mass is 35.5. The number of benzene rings is 2. The van der Waals surface area contributed by atoms with Crippen molar-refractivity contribution in [2.45, 2.75) is 5.03 Å². The minimum Gasteiger partial charge on any atom is -0.325 e. The summed E-state index contributed by atoms with van der Waals surface area (Å²) in [6.07, 6.45) is 3.21. The first kappa shape index (κ1) is 17.5. The van der Waals surface area contributed by atoms with E-state index in [1.54, 1.807) is 35.1 Å². The smallest absolute Gasteiger partial charge is 0.234 e. The van der Waals surface area contributed by atoms with Gasteiger partial charge in [0.15, 0.2) is 5.65 Å². The summed E-state index contributed by atoms with van der Waals surface area (Å²) in [7, 11) is 0. The Hall–Kier alpha value is -2.90. The molecule has 4 rings (SSSR count). The number of carbonyl (C=O) groups is 1. The Kier molecular flexibility index (Phi) is 5.04. The molecule has 0 fully saturated rings. The standard InChI is InChI=1S/C19H14ClN5OS/c20-13-5-4-6-14(9-13)24-17(26)11-27-19-16-10-23-25(18(16)21-12-22-19)15-7-2-1-3-8-15/h1-10,12H,11H2,(H,24,26). The number of fused-ring (bicyclic) bond motifs is 1. The maximum Gasteiger partial charge on any atom is 0.234 e. The van der Waals surface area contributed by atoms with Crippen LogP contribution in [0.1, 0.15) is 0 Å². The van der Waals surface area contributed by atoms with Crippen molar-refractivity contribution >= 4 is 46.0 Å². The molecule has 1 N–H and O–H groups in total. The van der Waals surface area contributed by atoms with Gasteiger partial charge in [-0.3, -0.25) is 4.79 Å². The van der Waals surface area contributed by atoms with Crippen LogP contribution >= 0.6 is 23.4 Å². The molecule has 0 aliphatic carbocycles. The number of thioether (sulfide) groups is 1. The number of nitrogens with zero attached hydrogens (tertiary/aromatic N) is 4. The molecule has 27 heavy (non-hydrogen) atoms. The van der Waals surface area contributed by atoms with Gasteiger partial charge in [0.1, 0.15) is 11.4 Å². The minimum atomic E-state index is -0.135. The van der Waals surface area contributed by atoms with Gasteiger partial charge in [-0.15, -0.1) is 0 Å². The van der Waals surface area contributed by atoms with Crippen molar-refractivity contribution in [3.05, 3.63) is 72.1 Å². The van der Waals surface area contributed by atoms with Gasteiger partial charge in [-0.1, -0.05) is 47.6 Å². The lowest BCUT2D eigenvalue weighted by molar-refractivity contribution is -0.113. The fraction of sp³-hybridized carbons (Fsp3) is 0.0526. The first-order valence-electron chi connectivity index (χ1n) is 8.13. The van der Waals surface area contributed by atoms with E-state index in [0.29, 0.717) is 21.4 Å². The molecule has 2 heterocycles. The Morgan fingerprint density at radius 1 is 1.11 bits per heavy atom. The number of halogens is 1. The highest BCUT2D eigenvalue weighted by molar-refractivity contribution is 8.00. The van der Waals surface area contributed by atoms with Gasteiger partial charge in [-0.05, 0) is 30.3 Å². The van der Waals surface area contributed by atoms with E-state index in [2.05, 4.69) is 20.4 Å². The van der Waals surface area contributed by atoms with E-state index in [9.17, 15) is 4.79 Å². The predicted octanol–water partition coefficient (Wildman–Crippen LogP) is 4.20. The number of nitrogens with one attached hydrogen (secondary N) is 1. The van der Waals surface area contributed by atoms with Crippen molar-refractivity contribution in [1.29, 1.82) is 0 Å². The SMILES string of the molecule is O=C(CSc1ncnc2c1cnn2-c1ccccc1)Nc1cccc(Cl)c1. The third-order valence-electron chi connectivity index (χ3n) is 3.78. The molecule has 134 valence electrons. The average Bonchev–Trinajstić information content (AvgIpc) is 3.12. The first-order chi connectivity index (χ1) is 13.2. The van der Waals surface area contributed by atoms with Gasteiger partial charge in [-0.25, -0.2) is 14.6 Å². The maximum absolute atomic E-state index is 12.2. The molecule has 0 radical (unpaired) electrons. The zero-order chi connectivity index (χ0) is 18.6. The molecule has 4 aromatic rings. The number of hydrogen-bond donors (Lipinski definition) is 1. The summed E-state index contributed by atoms with van der Waals surface area (Å²) >= 11 is 7.28. The lowest BCUT2D eigenvalue weighted by atomic mass is 10.3. The van der Waals surface area contributed by atoms with Gasteiger partial charge in [-0.2, -0.15) is 5.10 Å². The number of rotatable bonds is 5. The molecule has 0 atom stereocenters. The van der Waals surface area contributed by atoms with Crippen molar-refractivity contribution in [3.8, 4) is 5.69 Å². The Morgan fingerprint density at radius 3 is 2.78 bits per heavy atom. The number of amides is 1. The first-order valence-corrected chi connectivity index (χ1v) is 9.49. The number of hydrogen-bond acceptors (Lipinski definition) is 5. The van der Waals surface area contributed by atoms with Gasteiger partial charge in [0.25, 0.3) is 0 Å². The van der Waals surface area contributed by atoms with Crippen molar-refractivity contribution in [1.82, 2.24) is 19.7 Å². The van der Waals surface area contributed by atoms with Gasteiger partial charge < -0.3 is 5.32 Å². The van der Waals surface area contributed by atoms with Crippen molar-refractivity contribution in [2.75, 3.05) is 11.1 Å². The molecule has 2 aromatic heterocycles. The third-order valence-corrected chi connectivity index (χ3v) is 5.02. The second-order valence-electron chi connectivity index (χ2n) is 5.66. The van der Waals surface area contributed by atoms with E-state index in [1.165, 1.54) is 18.1 Å². The summed E-state index contributed by atoms with van der Waals surface area (Å²) in [6.45, 7) is 0. The molecule has 6 nitrogen and oxygen atoms in total. The number of aromatic nitrogens is 4. The Labute approximate surface area is 164 Å². The average molecular weight is 396 g/mol. The van der Waals surface area contributed by atoms with Crippen LogP contribution in [0, 0.1) is 0 Å². The predicted molar refractivity (Wildman–Crippen MR) is 107 cm³/mol. The molecule has 0 unspecified atom stereocenters. The molecule has 1 amide bonds. The van der Waals surface area contributed by atoms with Crippen molar-refractivity contribution in [3.63, 3.8) is 0 Å². The molecule has 8 heteroatoms. The highest BCUT2D eigenvalue weighted by Crippen LogP contribution is 2.26. The monoisotopic (exact) mass is 395 g/mol. The fourth-order valence-electron chi connectivity index (χ4n) is 2.59. The lowest BCUT2D eigenvalue weighted by Crippen LogP contribution is -2.14. The van der Waals surface area contributed by atoms with Crippen LogP contribution in [0.4, 0.5) is 5.69 Å². The summed E-state index contributed by atoms with van der Waals surface area (Å²) < 4.78 is 1.76. The molecule has 2 aromatic carbocycles. The summed E-state index contributed by atoms with van der Waals surface area (Å²) in [6, 6.07) is 16.8. The lowest BCUT2D eigenvalue weighted by Gasteiger charge is -2.06. The molecule has 0 saturated heterocycles. The summed E-state index contributed by atoms with van der Waals surface area (Å²) in [5.74, 6) is 0.0827. The quantitative estimate of drug-likeness (QED) is 0.405. The Balaban J connectivity index is 1.51. The zero-order valence-corrected chi connectivity index (χ0v) is 15.6. The van der Waals surface area contributed by atoms with Crippen LogP contribution in [0.3, 0.4) is 0 Å². The van der Waals surface area contributed by atoms with E-state index in [1.807, 2.05) is 30.3 Å². The largest absolute Gasteiger partial charge is 0.325 e. The van der Waals surface area contributed by atoms with Gasteiger partial charge in [0.05, 0.1) is 23.0 Å². The van der Waals surface area contributed by atoms with Crippen LogP contribution in [0.5, 0.6) is 0 Å². The van der Waals surface area contributed by atoms with Gasteiger partial charge in [0, 0.05) is 10.7 Å². The van der Waals surface area contributed by atoms with Crippen LogP contribution in [0.15, 0.2) is 72.1 Å². The molecule has 0 aliphatic rings. The number of carbonyl (C=O) groups excluding carboxylic acids is 1. The highest BCUT2D eigenvalue weighted by Gasteiger charge is 2.13. The van der Waals surface area contributed by atoms with Crippen LogP contribution < -0.4 is 5.32 Å². The molecule has 0 spiro atoms.